The summed E-state index contributed by atoms with van der Waals surface area (Å²) in [5.41, 5.74) is 1.26. The molecule has 2 aromatic rings. The van der Waals surface area contributed by atoms with Crippen LogP contribution in [0.2, 0.25) is 5.02 Å². The van der Waals surface area contributed by atoms with Crippen LogP contribution in [-0.2, 0) is 14.8 Å². The van der Waals surface area contributed by atoms with Crippen molar-refractivity contribution in [3.63, 3.8) is 0 Å². The van der Waals surface area contributed by atoms with Crippen LogP contribution in [0.4, 0.5) is 14.9 Å². The van der Waals surface area contributed by atoms with Crippen molar-refractivity contribution in [3.05, 3.63) is 58.4 Å². The van der Waals surface area contributed by atoms with E-state index in [0.717, 1.165) is 5.56 Å². The Hall–Kier alpha value is -2.85. The molecule has 1 aliphatic heterocycles. The average Bonchev–Trinajstić information content (AvgIpc) is 2.75. The summed E-state index contributed by atoms with van der Waals surface area (Å²) >= 11 is 6.01. The van der Waals surface area contributed by atoms with Crippen molar-refractivity contribution in [1.82, 2.24) is 9.73 Å². The molecule has 184 valence electrons. The fraction of sp³-hybridized carbons (Fsp3) is 0.391. The van der Waals surface area contributed by atoms with E-state index in [4.69, 9.17) is 16.3 Å². The minimum absolute atomic E-state index is 0.0658. The molecule has 0 radical (unpaired) electrons. The molecule has 2 aromatic carbocycles. The van der Waals surface area contributed by atoms with Crippen LogP contribution in [0.1, 0.15) is 31.9 Å². The van der Waals surface area contributed by atoms with Crippen LogP contribution in [0, 0.1) is 12.7 Å². The Morgan fingerprint density at radius 1 is 1.15 bits per heavy atom. The van der Waals surface area contributed by atoms with Gasteiger partial charge < -0.3 is 14.5 Å². The van der Waals surface area contributed by atoms with E-state index in [0.29, 0.717) is 37.4 Å². The number of halogens is 2. The Labute approximate surface area is 204 Å². The first-order valence-corrected chi connectivity index (χ1v) is 12.6. The molecule has 1 amide bonds. The van der Waals surface area contributed by atoms with E-state index in [-0.39, 0.29) is 9.92 Å². The molecule has 1 fully saturated rings. The fourth-order valence-corrected chi connectivity index (χ4v) is 4.27. The summed E-state index contributed by atoms with van der Waals surface area (Å²) in [4.78, 5) is 18.1. The predicted octanol–water partition coefficient (Wildman–Crippen LogP) is 4.16. The standard InChI is InChI=1S/C23H28ClFN4O4S/c1-16-5-7-18(8-6-16)34(31,32)27-26-15-17-13-20(25)19(24)14-21(17)28-9-11-29(12-10-28)22(30)33-23(2,3)4/h5-8,13-15,27H,9-12H2,1-4H3/b26-15+. The molecule has 0 aliphatic carbocycles. The van der Waals surface area contributed by atoms with Gasteiger partial charge in [0.15, 0.2) is 0 Å². The highest BCUT2D eigenvalue weighted by atomic mass is 35.5. The van der Waals surface area contributed by atoms with Crippen LogP contribution in [0.3, 0.4) is 0 Å². The molecule has 0 saturated carbocycles. The number of rotatable bonds is 5. The summed E-state index contributed by atoms with van der Waals surface area (Å²) in [7, 11) is -3.87. The van der Waals surface area contributed by atoms with Crippen LogP contribution in [0.25, 0.3) is 0 Å². The summed E-state index contributed by atoms with van der Waals surface area (Å²) in [5.74, 6) is -0.652. The first-order chi connectivity index (χ1) is 15.9. The minimum atomic E-state index is -3.87. The molecule has 11 heteroatoms. The van der Waals surface area contributed by atoms with Crippen molar-refractivity contribution < 1.29 is 22.3 Å². The zero-order valence-electron chi connectivity index (χ0n) is 19.5. The number of piperazine rings is 1. The van der Waals surface area contributed by atoms with Gasteiger partial charge in [-0.3, -0.25) is 0 Å². The number of hydrogen-bond acceptors (Lipinski definition) is 6. The number of nitrogens with one attached hydrogen (secondary N) is 1. The average molecular weight is 511 g/mol. The lowest BCUT2D eigenvalue weighted by Gasteiger charge is -2.37. The Morgan fingerprint density at radius 2 is 1.76 bits per heavy atom. The largest absolute Gasteiger partial charge is 0.444 e. The highest BCUT2D eigenvalue weighted by molar-refractivity contribution is 7.89. The molecule has 1 N–H and O–H groups in total. The highest BCUT2D eigenvalue weighted by Crippen LogP contribution is 2.28. The predicted molar refractivity (Wildman–Crippen MR) is 131 cm³/mol. The number of benzene rings is 2. The van der Waals surface area contributed by atoms with Gasteiger partial charge in [0.05, 0.1) is 16.1 Å². The van der Waals surface area contributed by atoms with E-state index >= 15 is 0 Å². The third kappa shape index (κ3) is 6.60. The van der Waals surface area contributed by atoms with Crippen molar-refractivity contribution in [2.45, 2.75) is 38.2 Å². The summed E-state index contributed by atoms with van der Waals surface area (Å²) in [6.45, 7) is 8.99. The molecule has 0 bridgehead atoms. The monoisotopic (exact) mass is 510 g/mol. The van der Waals surface area contributed by atoms with Crippen LogP contribution in [0.5, 0.6) is 0 Å². The first-order valence-electron chi connectivity index (χ1n) is 10.7. The zero-order chi connectivity index (χ0) is 25.1. The molecule has 34 heavy (non-hydrogen) atoms. The van der Waals surface area contributed by atoms with Crippen LogP contribution < -0.4 is 9.73 Å². The maximum absolute atomic E-state index is 14.2. The van der Waals surface area contributed by atoms with E-state index in [1.54, 1.807) is 37.8 Å². The number of carbonyl (C=O) groups excluding carboxylic acids is 1. The van der Waals surface area contributed by atoms with Crippen LogP contribution in [-0.4, -0.2) is 57.4 Å². The second-order valence-corrected chi connectivity index (χ2v) is 11.0. The normalized spacial score (nSPS) is 15.0. The molecule has 0 atom stereocenters. The molecule has 1 saturated heterocycles. The van der Waals surface area contributed by atoms with Gasteiger partial charge in [-0.2, -0.15) is 13.5 Å². The second-order valence-electron chi connectivity index (χ2n) is 8.95. The number of sulfonamides is 1. The number of hydrogen-bond donors (Lipinski definition) is 1. The van der Waals surface area contributed by atoms with Gasteiger partial charge in [-0.15, -0.1) is 0 Å². The van der Waals surface area contributed by atoms with Crippen molar-refractivity contribution in [2.24, 2.45) is 5.10 Å². The molecule has 1 heterocycles. The highest BCUT2D eigenvalue weighted by Gasteiger charge is 2.27. The van der Waals surface area contributed by atoms with Crippen molar-refractivity contribution in [3.8, 4) is 0 Å². The van der Waals surface area contributed by atoms with Gasteiger partial charge in [-0.25, -0.2) is 14.0 Å². The molecular weight excluding hydrogens is 483 g/mol. The van der Waals surface area contributed by atoms with E-state index < -0.39 is 27.5 Å². The Balaban J connectivity index is 1.74. The molecule has 8 nitrogen and oxygen atoms in total. The molecule has 0 spiro atoms. The molecule has 0 unspecified atom stereocenters. The number of carbonyl (C=O) groups is 1. The Morgan fingerprint density at radius 3 is 2.35 bits per heavy atom. The summed E-state index contributed by atoms with van der Waals surface area (Å²) in [6, 6.07) is 8.98. The van der Waals surface area contributed by atoms with Gasteiger partial charge in [-0.1, -0.05) is 29.3 Å². The number of ether oxygens (including phenoxy) is 1. The van der Waals surface area contributed by atoms with E-state index in [9.17, 15) is 17.6 Å². The first kappa shape index (κ1) is 25.8. The van der Waals surface area contributed by atoms with E-state index in [1.165, 1.54) is 30.5 Å². The van der Waals surface area contributed by atoms with E-state index in [1.807, 2.05) is 11.8 Å². The van der Waals surface area contributed by atoms with Crippen molar-refractivity contribution in [1.29, 1.82) is 0 Å². The Kier molecular flexibility index (Phi) is 7.72. The van der Waals surface area contributed by atoms with Crippen molar-refractivity contribution in [2.75, 3.05) is 31.1 Å². The van der Waals surface area contributed by atoms with Gasteiger partial charge in [-0.05, 0) is 52.0 Å². The maximum atomic E-state index is 14.2. The third-order valence-corrected chi connectivity index (χ3v) is 6.58. The minimum Gasteiger partial charge on any atom is -0.444 e. The number of aryl methyl sites for hydroxylation is 1. The molecular formula is C23H28ClFN4O4S. The maximum Gasteiger partial charge on any atom is 0.410 e. The van der Waals surface area contributed by atoms with Crippen LogP contribution >= 0.6 is 11.6 Å². The van der Waals surface area contributed by atoms with Crippen LogP contribution in [0.15, 0.2) is 46.4 Å². The lowest BCUT2D eigenvalue weighted by atomic mass is 10.1. The van der Waals surface area contributed by atoms with E-state index in [2.05, 4.69) is 9.93 Å². The summed E-state index contributed by atoms with van der Waals surface area (Å²) in [5, 5.41) is 3.77. The van der Waals surface area contributed by atoms with Gasteiger partial charge in [0.2, 0.25) is 0 Å². The quantitative estimate of drug-likeness (QED) is 0.482. The molecule has 1 aliphatic rings. The SMILES string of the molecule is Cc1ccc(S(=O)(=O)N/N=C/c2cc(F)c(Cl)cc2N2CCN(C(=O)OC(C)(C)C)CC2)cc1. The fourth-order valence-electron chi connectivity index (χ4n) is 3.32. The lowest BCUT2D eigenvalue weighted by molar-refractivity contribution is 0.0240. The lowest BCUT2D eigenvalue weighted by Crippen LogP contribution is -2.50. The smallest absolute Gasteiger partial charge is 0.410 e. The van der Waals surface area contributed by atoms with Crippen molar-refractivity contribution >= 4 is 39.6 Å². The molecule has 3 rings (SSSR count). The number of hydrazone groups is 1. The Bertz CT molecular complexity index is 1170. The molecule has 0 aromatic heterocycles. The number of amides is 1. The van der Waals surface area contributed by atoms with Gasteiger partial charge in [0.1, 0.15) is 11.4 Å². The summed E-state index contributed by atoms with van der Waals surface area (Å²) in [6.07, 6.45) is 0.845. The topological polar surface area (TPSA) is 91.3 Å². The van der Waals surface area contributed by atoms with Gasteiger partial charge in [0.25, 0.3) is 10.0 Å². The number of nitrogens with zero attached hydrogens (tertiary/aromatic N) is 3. The van der Waals surface area contributed by atoms with Gasteiger partial charge >= 0.3 is 6.09 Å². The number of anilines is 1. The third-order valence-electron chi connectivity index (χ3n) is 5.05. The summed E-state index contributed by atoms with van der Waals surface area (Å²) < 4.78 is 44.5. The second kappa shape index (κ2) is 10.2. The van der Waals surface area contributed by atoms with Gasteiger partial charge in [0, 0.05) is 37.4 Å². The zero-order valence-corrected chi connectivity index (χ0v) is 21.1.